The first-order valence-corrected chi connectivity index (χ1v) is 8.70. The van der Waals surface area contributed by atoms with Crippen LogP contribution in [-0.4, -0.2) is 32.4 Å². The van der Waals surface area contributed by atoms with Crippen molar-refractivity contribution in [3.63, 3.8) is 0 Å². The number of ether oxygens (including phenoxy) is 2. The van der Waals surface area contributed by atoms with Gasteiger partial charge in [0.1, 0.15) is 22.6 Å². The Balaban J connectivity index is 1.79. The van der Waals surface area contributed by atoms with Gasteiger partial charge in [-0.3, -0.25) is 14.5 Å². The molecule has 0 unspecified atom stereocenters. The molecule has 4 rings (SSSR count). The zero-order chi connectivity index (χ0) is 23.3. The van der Waals surface area contributed by atoms with E-state index in [1.165, 1.54) is 12.3 Å². The summed E-state index contributed by atoms with van der Waals surface area (Å²) >= 11 is 0. The molecule has 32 heavy (non-hydrogen) atoms. The van der Waals surface area contributed by atoms with Crippen LogP contribution in [0.3, 0.4) is 0 Å². The Bertz CT molecular complexity index is 1200. The lowest BCUT2D eigenvalue weighted by Crippen LogP contribution is -2.21. The molecule has 1 N–H and O–H groups in total. The highest BCUT2D eigenvalue weighted by atomic mass is 19.4. The van der Waals surface area contributed by atoms with E-state index in [1.807, 2.05) is 5.32 Å². The van der Waals surface area contributed by atoms with E-state index >= 15 is 0 Å². The molecule has 0 fully saturated rings. The molecule has 168 valence electrons. The van der Waals surface area contributed by atoms with Crippen LogP contribution >= 0.6 is 0 Å². The number of hydrogen-bond donors (Lipinski definition) is 1. The monoisotopic (exact) mass is 459 g/mol. The lowest BCUT2D eigenvalue weighted by molar-refractivity contribution is -0.141. The van der Waals surface area contributed by atoms with E-state index in [2.05, 4.69) is 15.1 Å². The number of hydrogen-bond acceptors (Lipinski definition) is 6. The molecule has 1 aliphatic rings. The van der Waals surface area contributed by atoms with Gasteiger partial charge in [-0.2, -0.15) is 31.4 Å². The molecule has 0 aliphatic carbocycles. The smallest absolute Gasteiger partial charge is 0.433 e. The highest BCUT2D eigenvalue weighted by molar-refractivity contribution is 6.05. The van der Waals surface area contributed by atoms with E-state index < -0.39 is 46.6 Å². The maximum Gasteiger partial charge on any atom is 0.433 e. The van der Waals surface area contributed by atoms with Gasteiger partial charge < -0.3 is 14.8 Å². The Morgan fingerprint density at radius 1 is 1.06 bits per heavy atom. The number of alkyl halides is 6. The third kappa shape index (κ3) is 3.78. The van der Waals surface area contributed by atoms with Gasteiger partial charge in [-0.1, -0.05) is 0 Å². The van der Waals surface area contributed by atoms with Crippen molar-refractivity contribution >= 4 is 11.6 Å². The predicted octanol–water partition coefficient (Wildman–Crippen LogP) is 3.90. The molecule has 0 saturated carbocycles. The number of pyridine rings is 2. The second kappa shape index (κ2) is 7.39. The molecular weight excluding hydrogens is 448 g/mol. The largest absolute Gasteiger partial charge is 0.451 e. The number of aryl methyl sites for hydroxylation is 1. The molecule has 0 saturated heterocycles. The van der Waals surface area contributed by atoms with Gasteiger partial charge in [-0.15, -0.1) is 0 Å². The average Bonchev–Trinajstić information content (AvgIpc) is 3.31. The Labute approximate surface area is 174 Å². The van der Waals surface area contributed by atoms with Gasteiger partial charge in [0.15, 0.2) is 5.75 Å². The zero-order valence-electron chi connectivity index (χ0n) is 15.9. The number of carbonyl (C=O) groups excluding carboxylic acids is 1. The van der Waals surface area contributed by atoms with E-state index in [9.17, 15) is 31.1 Å². The maximum atomic E-state index is 14.0. The number of rotatable bonds is 3. The first-order chi connectivity index (χ1) is 15.0. The second-order valence-electron chi connectivity index (χ2n) is 6.47. The average molecular weight is 459 g/mol. The second-order valence-corrected chi connectivity index (χ2v) is 6.47. The van der Waals surface area contributed by atoms with E-state index in [1.54, 1.807) is 0 Å². The van der Waals surface area contributed by atoms with E-state index in [4.69, 9.17) is 9.47 Å². The molecule has 0 atom stereocenters. The lowest BCUT2D eigenvalue weighted by Gasteiger charge is -2.12. The first-order valence-electron chi connectivity index (χ1n) is 8.70. The molecule has 0 bridgehead atoms. The maximum absolute atomic E-state index is 14.0. The van der Waals surface area contributed by atoms with Crippen molar-refractivity contribution in [3.8, 4) is 22.9 Å². The van der Waals surface area contributed by atoms with Gasteiger partial charge in [-0.05, 0) is 18.2 Å². The molecule has 1 aliphatic heterocycles. The quantitative estimate of drug-likeness (QED) is 0.598. The summed E-state index contributed by atoms with van der Waals surface area (Å²) in [6.07, 6.45) is -7.88. The Kier molecular flexibility index (Phi) is 4.94. The van der Waals surface area contributed by atoms with E-state index in [-0.39, 0.29) is 24.0 Å². The number of nitrogens with zero attached hydrogens (tertiary/aromatic N) is 4. The van der Waals surface area contributed by atoms with Crippen LogP contribution in [-0.2, 0) is 19.4 Å². The Hall–Kier alpha value is -3.84. The number of halogens is 6. The van der Waals surface area contributed by atoms with Crippen LogP contribution in [0.25, 0.3) is 11.3 Å². The fourth-order valence-corrected chi connectivity index (χ4v) is 3.10. The topological polar surface area (TPSA) is 91.2 Å². The molecule has 0 spiro atoms. The summed E-state index contributed by atoms with van der Waals surface area (Å²) in [6.45, 7) is -0.259. The van der Waals surface area contributed by atoms with Crippen molar-refractivity contribution < 1.29 is 40.6 Å². The minimum Gasteiger partial charge on any atom is -0.451 e. The number of aromatic nitrogens is 4. The van der Waals surface area contributed by atoms with Crippen LogP contribution in [0.1, 0.15) is 21.7 Å². The van der Waals surface area contributed by atoms with Crippen molar-refractivity contribution in [2.45, 2.75) is 12.4 Å². The highest BCUT2D eigenvalue weighted by Gasteiger charge is 2.43. The van der Waals surface area contributed by atoms with Gasteiger partial charge in [-0.25, -0.2) is 4.98 Å². The summed E-state index contributed by atoms with van der Waals surface area (Å²) in [4.78, 5) is 19.7. The SMILES string of the molecule is Cn1nc(-c2ccnc3c2OCO3)c(C(F)(F)F)c1C(=O)Nc1ccnc(C(F)(F)F)c1. The van der Waals surface area contributed by atoms with Gasteiger partial charge in [0.25, 0.3) is 11.8 Å². The van der Waals surface area contributed by atoms with Gasteiger partial charge >= 0.3 is 12.4 Å². The number of fused-ring (bicyclic) bond motifs is 1. The molecule has 3 aromatic heterocycles. The van der Waals surface area contributed by atoms with Gasteiger partial charge in [0, 0.05) is 25.1 Å². The lowest BCUT2D eigenvalue weighted by atomic mass is 10.0. The minimum absolute atomic E-state index is 0.0382. The first kappa shape index (κ1) is 21.4. The van der Waals surface area contributed by atoms with Gasteiger partial charge in [0.2, 0.25) is 6.79 Å². The van der Waals surface area contributed by atoms with Crippen molar-refractivity contribution in [1.29, 1.82) is 0 Å². The molecule has 0 radical (unpaired) electrons. The molecule has 3 aromatic rings. The Morgan fingerprint density at radius 3 is 2.47 bits per heavy atom. The van der Waals surface area contributed by atoms with Crippen LogP contribution in [0.15, 0.2) is 30.6 Å². The summed E-state index contributed by atoms with van der Waals surface area (Å²) in [5.41, 5.74) is -4.76. The van der Waals surface area contributed by atoms with E-state index in [0.29, 0.717) is 10.7 Å². The number of carbonyl (C=O) groups is 1. The molecule has 1 amide bonds. The fraction of sp³-hybridized carbons (Fsp3) is 0.222. The molecule has 0 aromatic carbocycles. The van der Waals surface area contributed by atoms with Crippen LogP contribution in [0.4, 0.5) is 32.0 Å². The zero-order valence-corrected chi connectivity index (χ0v) is 15.9. The van der Waals surface area contributed by atoms with Crippen LogP contribution in [0.5, 0.6) is 11.6 Å². The molecular formula is C18H11F6N5O3. The molecule has 4 heterocycles. The number of amides is 1. The standard InChI is InChI=1S/C18H11F6N5O3/c1-29-13(15(30)27-8-2-4-25-10(6-8)17(19,20)21)11(18(22,23)24)12(28-29)9-3-5-26-16-14(9)31-7-32-16/h2-6H,7H2,1H3,(H,25,27,30). The van der Waals surface area contributed by atoms with Crippen molar-refractivity contribution in [2.24, 2.45) is 7.05 Å². The van der Waals surface area contributed by atoms with E-state index in [0.717, 1.165) is 19.3 Å². The fourth-order valence-electron chi connectivity index (χ4n) is 3.10. The third-order valence-corrected chi connectivity index (χ3v) is 4.38. The van der Waals surface area contributed by atoms with Crippen LogP contribution in [0.2, 0.25) is 0 Å². The third-order valence-electron chi connectivity index (χ3n) is 4.38. The summed E-state index contributed by atoms with van der Waals surface area (Å²) in [5.74, 6) is -1.43. The summed E-state index contributed by atoms with van der Waals surface area (Å²) in [5, 5.41) is 5.86. The summed E-state index contributed by atoms with van der Waals surface area (Å²) in [7, 11) is 1.10. The normalized spacial score (nSPS) is 13.3. The number of anilines is 1. The molecule has 8 nitrogen and oxygen atoms in total. The van der Waals surface area contributed by atoms with Crippen molar-refractivity contribution in [1.82, 2.24) is 19.7 Å². The predicted molar refractivity (Wildman–Crippen MR) is 94.8 cm³/mol. The van der Waals surface area contributed by atoms with Gasteiger partial charge in [0.05, 0.1) is 5.56 Å². The summed E-state index contributed by atoms with van der Waals surface area (Å²) < 4.78 is 91.5. The van der Waals surface area contributed by atoms with Crippen LogP contribution < -0.4 is 14.8 Å². The highest BCUT2D eigenvalue weighted by Crippen LogP contribution is 2.45. The summed E-state index contributed by atoms with van der Waals surface area (Å²) in [6, 6.07) is 2.73. The van der Waals surface area contributed by atoms with Crippen molar-refractivity contribution in [2.75, 3.05) is 12.1 Å². The number of nitrogens with one attached hydrogen (secondary N) is 1. The van der Waals surface area contributed by atoms with Crippen molar-refractivity contribution in [3.05, 3.63) is 47.5 Å². The Morgan fingerprint density at radius 2 is 1.78 bits per heavy atom. The minimum atomic E-state index is -5.04. The van der Waals surface area contributed by atoms with Crippen LogP contribution in [0, 0.1) is 0 Å². The molecule has 14 heteroatoms.